The maximum absolute atomic E-state index is 11.0. The largest absolute Gasteiger partial charge is 0.373 e. The first-order valence-corrected chi connectivity index (χ1v) is 7.47. The third-order valence-electron chi connectivity index (χ3n) is 3.50. The van der Waals surface area contributed by atoms with Gasteiger partial charge >= 0.3 is 0 Å². The van der Waals surface area contributed by atoms with Crippen molar-refractivity contribution in [3.8, 4) is 0 Å². The molecular weight excluding hydrogens is 270 g/mol. The van der Waals surface area contributed by atoms with Crippen LogP contribution in [0, 0.1) is 0 Å². The Bertz CT molecular complexity index is 494. The van der Waals surface area contributed by atoms with E-state index in [1.165, 1.54) is 6.92 Å². The van der Waals surface area contributed by atoms with Gasteiger partial charge in [0.1, 0.15) is 0 Å². The highest BCUT2D eigenvalue weighted by molar-refractivity contribution is 5.72. The number of rotatable bonds is 5. The van der Waals surface area contributed by atoms with Crippen LogP contribution in [0.3, 0.4) is 0 Å². The number of amides is 1. The van der Waals surface area contributed by atoms with Gasteiger partial charge in [-0.2, -0.15) is 5.10 Å². The van der Waals surface area contributed by atoms with Gasteiger partial charge in [-0.25, -0.2) is 4.98 Å². The van der Waals surface area contributed by atoms with E-state index in [2.05, 4.69) is 39.2 Å². The molecule has 1 unspecified atom stereocenters. The van der Waals surface area contributed by atoms with Crippen LogP contribution < -0.4 is 10.2 Å². The van der Waals surface area contributed by atoms with Crippen LogP contribution in [0.4, 0.5) is 5.95 Å². The Hall–Kier alpha value is -1.76. The molecular formula is C14H23N5O2. The van der Waals surface area contributed by atoms with Crippen molar-refractivity contribution in [1.82, 2.24) is 20.5 Å². The van der Waals surface area contributed by atoms with Crippen LogP contribution in [-0.2, 0) is 22.4 Å². The van der Waals surface area contributed by atoms with Gasteiger partial charge in [-0.05, 0) is 12.8 Å². The number of ether oxygens (including phenoxy) is 1. The van der Waals surface area contributed by atoms with E-state index in [1.54, 1.807) is 0 Å². The van der Waals surface area contributed by atoms with Crippen molar-refractivity contribution >= 4 is 11.9 Å². The van der Waals surface area contributed by atoms with Crippen LogP contribution in [0.2, 0.25) is 0 Å². The molecule has 0 radical (unpaired) electrons. The van der Waals surface area contributed by atoms with E-state index in [0.29, 0.717) is 25.6 Å². The third kappa shape index (κ3) is 4.10. The molecule has 0 aliphatic carbocycles. The molecule has 0 spiro atoms. The fourth-order valence-electron chi connectivity index (χ4n) is 2.34. The molecule has 1 saturated heterocycles. The quantitative estimate of drug-likeness (QED) is 0.843. The first kappa shape index (κ1) is 15.6. The van der Waals surface area contributed by atoms with Crippen molar-refractivity contribution in [3.05, 3.63) is 11.4 Å². The van der Waals surface area contributed by atoms with Crippen LogP contribution in [0.25, 0.3) is 0 Å². The molecule has 1 aromatic rings. The summed E-state index contributed by atoms with van der Waals surface area (Å²) in [6.45, 7) is 8.15. The van der Waals surface area contributed by atoms with Crippen LogP contribution in [-0.4, -0.2) is 53.4 Å². The average Bonchev–Trinajstić information content (AvgIpc) is 2.52. The molecule has 116 valence electrons. The van der Waals surface area contributed by atoms with E-state index in [0.717, 1.165) is 30.8 Å². The minimum Gasteiger partial charge on any atom is -0.373 e. The van der Waals surface area contributed by atoms with E-state index in [9.17, 15) is 4.79 Å². The molecule has 0 aromatic carbocycles. The van der Waals surface area contributed by atoms with Crippen LogP contribution in [0.1, 0.15) is 32.2 Å². The van der Waals surface area contributed by atoms with Crippen molar-refractivity contribution in [3.63, 3.8) is 0 Å². The number of carbonyl (C=O) groups is 1. The number of nitrogens with one attached hydrogen (secondary N) is 1. The summed E-state index contributed by atoms with van der Waals surface area (Å²) in [7, 11) is 0. The van der Waals surface area contributed by atoms with Gasteiger partial charge in [0, 0.05) is 26.6 Å². The normalized spacial score (nSPS) is 18.6. The number of anilines is 1. The second kappa shape index (κ2) is 7.31. The number of nitrogens with zero attached hydrogens (tertiary/aromatic N) is 4. The topological polar surface area (TPSA) is 80.2 Å². The summed E-state index contributed by atoms with van der Waals surface area (Å²) in [6, 6.07) is 0. The third-order valence-corrected chi connectivity index (χ3v) is 3.50. The lowest BCUT2D eigenvalue weighted by Crippen LogP contribution is -2.48. The van der Waals surface area contributed by atoms with E-state index in [4.69, 9.17) is 4.74 Å². The van der Waals surface area contributed by atoms with Crippen LogP contribution in [0.5, 0.6) is 0 Å². The van der Waals surface area contributed by atoms with Crippen LogP contribution >= 0.6 is 0 Å². The minimum absolute atomic E-state index is 0.0396. The fraction of sp³-hybridized carbons (Fsp3) is 0.714. The highest BCUT2D eigenvalue weighted by Crippen LogP contribution is 2.14. The molecule has 2 heterocycles. The average molecular weight is 293 g/mol. The summed E-state index contributed by atoms with van der Waals surface area (Å²) < 4.78 is 5.65. The van der Waals surface area contributed by atoms with E-state index >= 15 is 0 Å². The Labute approximate surface area is 125 Å². The van der Waals surface area contributed by atoms with E-state index in [1.807, 2.05) is 0 Å². The molecule has 1 aliphatic rings. The predicted octanol–water partition coefficient (Wildman–Crippen LogP) is 0.338. The molecule has 7 nitrogen and oxygen atoms in total. The van der Waals surface area contributed by atoms with Crippen LogP contribution in [0.15, 0.2) is 0 Å². The molecule has 1 aliphatic heterocycles. The summed E-state index contributed by atoms with van der Waals surface area (Å²) in [6.07, 6.45) is 1.66. The Balaban J connectivity index is 2.05. The molecule has 0 bridgehead atoms. The molecule has 1 N–H and O–H groups in total. The monoisotopic (exact) mass is 293 g/mol. The molecule has 1 atom stereocenters. The highest BCUT2D eigenvalue weighted by atomic mass is 16.5. The first-order valence-electron chi connectivity index (χ1n) is 7.47. The van der Waals surface area contributed by atoms with Gasteiger partial charge in [0.05, 0.1) is 24.1 Å². The lowest BCUT2D eigenvalue weighted by atomic mass is 10.2. The first-order chi connectivity index (χ1) is 10.1. The summed E-state index contributed by atoms with van der Waals surface area (Å²) in [5.74, 6) is 0.606. The zero-order valence-electron chi connectivity index (χ0n) is 12.9. The van der Waals surface area contributed by atoms with Crippen molar-refractivity contribution in [2.24, 2.45) is 0 Å². The van der Waals surface area contributed by atoms with E-state index < -0.39 is 0 Å². The molecule has 7 heteroatoms. The second-order valence-electron chi connectivity index (χ2n) is 5.09. The number of morpholine rings is 1. The lowest BCUT2D eigenvalue weighted by molar-refractivity contribution is -0.119. The molecule has 2 rings (SSSR count). The lowest BCUT2D eigenvalue weighted by Gasteiger charge is -2.32. The number of hydrogen-bond donors (Lipinski definition) is 1. The Morgan fingerprint density at radius 2 is 2.10 bits per heavy atom. The van der Waals surface area contributed by atoms with Crippen molar-refractivity contribution in [2.45, 2.75) is 39.7 Å². The van der Waals surface area contributed by atoms with Gasteiger partial charge < -0.3 is 15.0 Å². The number of hydrogen-bond acceptors (Lipinski definition) is 6. The summed E-state index contributed by atoms with van der Waals surface area (Å²) in [5.41, 5.74) is 1.97. The zero-order valence-corrected chi connectivity index (χ0v) is 12.9. The number of aryl methyl sites for hydroxylation is 2. The minimum atomic E-state index is -0.0470. The van der Waals surface area contributed by atoms with Gasteiger partial charge in [-0.15, -0.1) is 5.10 Å². The number of aromatic nitrogens is 3. The van der Waals surface area contributed by atoms with Crippen molar-refractivity contribution in [1.29, 1.82) is 0 Å². The Morgan fingerprint density at radius 3 is 2.76 bits per heavy atom. The molecule has 0 saturated carbocycles. The molecule has 1 aromatic heterocycles. The van der Waals surface area contributed by atoms with Gasteiger partial charge in [0.15, 0.2) is 0 Å². The van der Waals surface area contributed by atoms with Gasteiger partial charge in [0.25, 0.3) is 0 Å². The van der Waals surface area contributed by atoms with Gasteiger partial charge in [-0.1, -0.05) is 13.8 Å². The Morgan fingerprint density at radius 1 is 1.33 bits per heavy atom. The molecule has 1 fully saturated rings. The summed E-state index contributed by atoms with van der Waals surface area (Å²) >= 11 is 0. The second-order valence-corrected chi connectivity index (χ2v) is 5.09. The SMILES string of the molecule is CCc1nnc(N2CCOC(CNC(C)=O)C2)nc1CC. The smallest absolute Gasteiger partial charge is 0.245 e. The molecule has 1 amide bonds. The zero-order chi connectivity index (χ0) is 15.2. The number of carbonyl (C=O) groups excluding carboxylic acids is 1. The fourth-order valence-corrected chi connectivity index (χ4v) is 2.34. The maximum Gasteiger partial charge on any atom is 0.245 e. The molecule has 21 heavy (non-hydrogen) atoms. The van der Waals surface area contributed by atoms with E-state index in [-0.39, 0.29) is 12.0 Å². The van der Waals surface area contributed by atoms with Crippen molar-refractivity contribution in [2.75, 3.05) is 31.1 Å². The predicted molar refractivity (Wildman–Crippen MR) is 79.2 cm³/mol. The maximum atomic E-state index is 11.0. The highest BCUT2D eigenvalue weighted by Gasteiger charge is 2.23. The van der Waals surface area contributed by atoms with Crippen molar-refractivity contribution < 1.29 is 9.53 Å². The Kier molecular flexibility index (Phi) is 5.44. The van der Waals surface area contributed by atoms with Gasteiger partial charge in [-0.3, -0.25) is 4.79 Å². The van der Waals surface area contributed by atoms with Gasteiger partial charge in [0.2, 0.25) is 11.9 Å². The summed E-state index contributed by atoms with van der Waals surface area (Å²) in [5, 5.41) is 11.3. The summed E-state index contributed by atoms with van der Waals surface area (Å²) in [4.78, 5) is 17.7. The standard InChI is InChI=1S/C14H23N5O2/c1-4-12-13(5-2)17-18-14(16-12)19-6-7-21-11(9-19)8-15-10(3)20/h11H,4-9H2,1-3H3,(H,15,20).